The maximum atomic E-state index is 10.5. The predicted molar refractivity (Wildman–Crippen MR) is 88.3 cm³/mol. The zero-order valence-electron chi connectivity index (χ0n) is 13.3. The lowest BCUT2D eigenvalue weighted by Crippen LogP contribution is -1.98. The average molecular weight is 313 g/mol. The van der Waals surface area contributed by atoms with Gasteiger partial charge in [-0.3, -0.25) is 0 Å². The van der Waals surface area contributed by atoms with Crippen molar-refractivity contribution in [3.8, 4) is 23.0 Å². The van der Waals surface area contributed by atoms with Crippen LogP contribution >= 0.6 is 0 Å². The van der Waals surface area contributed by atoms with E-state index < -0.39 is 0 Å². The molecule has 23 heavy (non-hydrogen) atoms. The summed E-state index contributed by atoms with van der Waals surface area (Å²) in [5.41, 5.74) is 2.29. The van der Waals surface area contributed by atoms with E-state index in [-0.39, 0.29) is 23.9 Å². The van der Waals surface area contributed by atoms with Crippen molar-refractivity contribution in [1.82, 2.24) is 4.57 Å². The molecule has 0 saturated carbocycles. The van der Waals surface area contributed by atoms with Crippen LogP contribution in [0.4, 0.5) is 0 Å². The van der Waals surface area contributed by atoms with Gasteiger partial charge in [-0.25, -0.2) is 0 Å². The van der Waals surface area contributed by atoms with Crippen molar-refractivity contribution in [3.05, 3.63) is 47.7 Å². The van der Waals surface area contributed by atoms with E-state index in [1.54, 1.807) is 0 Å². The first-order valence-electron chi connectivity index (χ1n) is 7.29. The van der Waals surface area contributed by atoms with Gasteiger partial charge in [0.2, 0.25) is 0 Å². The van der Waals surface area contributed by atoms with E-state index in [0.29, 0.717) is 10.9 Å². The van der Waals surface area contributed by atoms with Gasteiger partial charge in [-0.1, -0.05) is 18.2 Å². The number of methoxy groups -OCH3 is 1. The number of rotatable bonds is 4. The molecular weight excluding hydrogens is 294 g/mol. The number of aromatic hydroxyl groups is 2. The van der Waals surface area contributed by atoms with Gasteiger partial charge in [0, 0.05) is 24.4 Å². The summed E-state index contributed by atoms with van der Waals surface area (Å²) < 4.78 is 12.8. The number of ether oxygens (including phenoxy) is 2. The van der Waals surface area contributed by atoms with Crippen molar-refractivity contribution in [1.29, 1.82) is 0 Å². The second kappa shape index (κ2) is 5.76. The molecule has 0 atom stereocenters. The van der Waals surface area contributed by atoms with Crippen LogP contribution in [0, 0.1) is 6.92 Å². The Morgan fingerprint density at radius 1 is 1.13 bits per heavy atom. The number of hydrogen-bond donors (Lipinski definition) is 2. The summed E-state index contributed by atoms with van der Waals surface area (Å²) in [6.45, 7) is 2.21. The van der Waals surface area contributed by atoms with Crippen LogP contribution in [0.1, 0.15) is 11.3 Å². The van der Waals surface area contributed by atoms with Gasteiger partial charge >= 0.3 is 0 Å². The maximum absolute atomic E-state index is 10.5. The lowest BCUT2D eigenvalue weighted by atomic mass is 10.1. The highest BCUT2D eigenvalue weighted by atomic mass is 16.5. The molecule has 120 valence electrons. The Bertz CT molecular complexity index is 853. The molecule has 1 aromatic heterocycles. The molecule has 5 heteroatoms. The summed E-state index contributed by atoms with van der Waals surface area (Å²) in [6.07, 6.45) is 0. The number of phenols is 2. The minimum absolute atomic E-state index is 0.00987. The molecule has 0 unspecified atom stereocenters. The van der Waals surface area contributed by atoms with E-state index in [0.717, 1.165) is 17.0 Å². The average Bonchev–Trinajstić information content (AvgIpc) is 2.82. The predicted octanol–water partition coefficient (Wildman–Crippen LogP) is 3.49. The van der Waals surface area contributed by atoms with Crippen LogP contribution < -0.4 is 9.47 Å². The van der Waals surface area contributed by atoms with Crippen LogP contribution in [0.3, 0.4) is 0 Å². The standard InChI is InChI=1S/C18H19NO4/c1-11-13(10-23-12-7-5-4-6-8-12)16-17(19(11)2)14(20)9-15(22-3)18(16)21/h4-9,20-21H,10H2,1-3H3. The van der Waals surface area contributed by atoms with Crippen LogP contribution in [0.15, 0.2) is 36.4 Å². The van der Waals surface area contributed by atoms with Crippen molar-refractivity contribution in [3.63, 3.8) is 0 Å². The highest BCUT2D eigenvalue weighted by Crippen LogP contribution is 2.44. The fourth-order valence-electron chi connectivity index (χ4n) is 2.81. The number of para-hydroxylation sites is 1. The highest BCUT2D eigenvalue weighted by Gasteiger charge is 2.22. The fraction of sp³-hybridized carbons (Fsp3) is 0.222. The van der Waals surface area contributed by atoms with E-state index >= 15 is 0 Å². The van der Waals surface area contributed by atoms with Crippen molar-refractivity contribution in [2.24, 2.45) is 7.05 Å². The maximum Gasteiger partial charge on any atom is 0.167 e. The summed E-state index contributed by atoms with van der Waals surface area (Å²) in [5, 5.41) is 21.3. The third kappa shape index (κ3) is 2.44. The monoisotopic (exact) mass is 313 g/mol. The molecule has 5 nitrogen and oxygen atoms in total. The summed E-state index contributed by atoms with van der Waals surface area (Å²) in [4.78, 5) is 0. The van der Waals surface area contributed by atoms with E-state index in [4.69, 9.17) is 9.47 Å². The van der Waals surface area contributed by atoms with Gasteiger partial charge < -0.3 is 24.3 Å². The highest BCUT2D eigenvalue weighted by molar-refractivity contribution is 5.97. The summed E-state index contributed by atoms with van der Waals surface area (Å²) >= 11 is 0. The zero-order chi connectivity index (χ0) is 16.6. The Balaban J connectivity index is 2.12. The molecule has 0 amide bonds. The van der Waals surface area contributed by atoms with Gasteiger partial charge in [-0.2, -0.15) is 0 Å². The van der Waals surface area contributed by atoms with Gasteiger partial charge in [-0.05, 0) is 19.1 Å². The van der Waals surface area contributed by atoms with Crippen molar-refractivity contribution < 1.29 is 19.7 Å². The normalized spacial score (nSPS) is 10.9. The number of aryl methyl sites for hydroxylation is 1. The van der Waals surface area contributed by atoms with Crippen LogP contribution in [0.25, 0.3) is 10.9 Å². The molecular formula is C18H19NO4. The molecule has 0 radical (unpaired) electrons. The SMILES string of the molecule is COc1cc(O)c2c(c1O)c(COc1ccccc1)c(C)n2C. The van der Waals surface area contributed by atoms with Crippen LogP contribution in [-0.4, -0.2) is 21.9 Å². The first-order chi connectivity index (χ1) is 11.0. The third-order valence-corrected chi connectivity index (χ3v) is 4.14. The Morgan fingerprint density at radius 3 is 2.48 bits per heavy atom. The Labute approximate surface area is 134 Å². The summed E-state index contributed by atoms with van der Waals surface area (Å²) in [6, 6.07) is 10.9. The van der Waals surface area contributed by atoms with Crippen LogP contribution in [-0.2, 0) is 13.7 Å². The molecule has 1 heterocycles. The van der Waals surface area contributed by atoms with Crippen molar-refractivity contribution in [2.75, 3.05) is 7.11 Å². The Hall–Kier alpha value is -2.82. The molecule has 0 aliphatic heterocycles. The molecule has 0 saturated heterocycles. The van der Waals surface area contributed by atoms with E-state index in [1.807, 2.05) is 48.9 Å². The number of fused-ring (bicyclic) bond motifs is 1. The summed E-state index contributed by atoms with van der Waals surface area (Å²) in [7, 11) is 3.30. The van der Waals surface area contributed by atoms with Gasteiger partial charge in [0.15, 0.2) is 11.5 Å². The lowest BCUT2D eigenvalue weighted by Gasteiger charge is -2.09. The van der Waals surface area contributed by atoms with Gasteiger partial charge in [0.25, 0.3) is 0 Å². The van der Waals surface area contributed by atoms with Crippen LogP contribution in [0.2, 0.25) is 0 Å². The topological polar surface area (TPSA) is 63.9 Å². The molecule has 0 bridgehead atoms. The number of aromatic nitrogens is 1. The second-order valence-electron chi connectivity index (χ2n) is 5.39. The second-order valence-corrected chi connectivity index (χ2v) is 5.39. The molecule has 0 fully saturated rings. The number of nitrogens with zero attached hydrogens (tertiary/aromatic N) is 1. The molecule has 0 aliphatic carbocycles. The largest absolute Gasteiger partial charge is 0.506 e. The Morgan fingerprint density at radius 2 is 1.83 bits per heavy atom. The summed E-state index contributed by atoms with van der Waals surface area (Å²) in [5.74, 6) is 1.05. The van der Waals surface area contributed by atoms with Crippen molar-refractivity contribution in [2.45, 2.75) is 13.5 Å². The van der Waals surface area contributed by atoms with Gasteiger partial charge in [0.05, 0.1) is 18.0 Å². The quantitative estimate of drug-likeness (QED) is 0.724. The molecule has 2 aromatic carbocycles. The number of phenolic OH excluding ortho intramolecular Hbond substituents is 2. The number of hydrogen-bond acceptors (Lipinski definition) is 4. The first kappa shape index (κ1) is 15.1. The van der Waals surface area contributed by atoms with E-state index in [9.17, 15) is 10.2 Å². The van der Waals surface area contributed by atoms with E-state index in [2.05, 4.69) is 0 Å². The minimum atomic E-state index is 0.00987. The number of benzene rings is 2. The zero-order valence-corrected chi connectivity index (χ0v) is 13.3. The van der Waals surface area contributed by atoms with Crippen molar-refractivity contribution >= 4 is 10.9 Å². The van der Waals surface area contributed by atoms with Gasteiger partial charge in [0.1, 0.15) is 18.1 Å². The molecule has 3 rings (SSSR count). The molecule has 0 spiro atoms. The Kier molecular flexibility index (Phi) is 3.78. The van der Waals surface area contributed by atoms with E-state index in [1.165, 1.54) is 13.2 Å². The molecule has 3 aromatic rings. The third-order valence-electron chi connectivity index (χ3n) is 4.14. The van der Waals surface area contributed by atoms with Gasteiger partial charge in [-0.15, -0.1) is 0 Å². The lowest BCUT2D eigenvalue weighted by molar-refractivity contribution is 0.306. The molecule has 2 N–H and O–H groups in total. The minimum Gasteiger partial charge on any atom is -0.506 e. The smallest absolute Gasteiger partial charge is 0.167 e. The van der Waals surface area contributed by atoms with Crippen LogP contribution in [0.5, 0.6) is 23.0 Å². The fourth-order valence-corrected chi connectivity index (χ4v) is 2.81. The molecule has 0 aliphatic rings. The first-order valence-corrected chi connectivity index (χ1v) is 7.29.